The molecule has 1 aliphatic rings. The third-order valence-electron chi connectivity index (χ3n) is 2.26. The Labute approximate surface area is 88.2 Å². The molecule has 0 heterocycles. The SMILES string of the molecule is [Ru+]=[C]=C1CCC=C1c1ccccc1. The monoisotopic (exact) mass is 256 g/mol. The van der Waals surface area contributed by atoms with Crippen molar-refractivity contribution in [2.75, 3.05) is 0 Å². The first-order valence-corrected chi connectivity index (χ1v) is 5.26. The molecule has 0 amide bonds. The van der Waals surface area contributed by atoms with Crippen molar-refractivity contribution >= 4 is 9.84 Å². The summed E-state index contributed by atoms with van der Waals surface area (Å²) in [5.41, 5.74) is 4.01. The normalized spacial score (nSPS) is 15.4. The molecule has 0 aliphatic heterocycles. The van der Waals surface area contributed by atoms with Crippen LogP contribution in [0.15, 0.2) is 42.0 Å². The molecule has 1 aliphatic carbocycles. The summed E-state index contributed by atoms with van der Waals surface area (Å²) >= 11 is 2.48. The molecule has 0 atom stereocenters. The summed E-state index contributed by atoms with van der Waals surface area (Å²) in [6, 6.07) is 10.5. The van der Waals surface area contributed by atoms with Gasteiger partial charge in [0.05, 0.1) is 0 Å². The van der Waals surface area contributed by atoms with Crippen LogP contribution in [0, 0.1) is 0 Å². The quantitative estimate of drug-likeness (QED) is 0.677. The van der Waals surface area contributed by atoms with Gasteiger partial charge in [-0.05, 0) is 0 Å². The Hall–Kier alpha value is -0.767. The summed E-state index contributed by atoms with van der Waals surface area (Å²) in [4.78, 5) is 0. The fourth-order valence-corrected chi connectivity index (χ4v) is 2.07. The number of hydrogen-bond acceptors (Lipinski definition) is 0. The van der Waals surface area contributed by atoms with Gasteiger partial charge in [-0.15, -0.1) is 0 Å². The number of benzene rings is 1. The first-order chi connectivity index (χ1) is 6.42. The molecule has 1 aromatic rings. The second-order valence-electron chi connectivity index (χ2n) is 3.09. The van der Waals surface area contributed by atoms with Crippen molar-refractivity contribution in [2.24, 2.45) is 0 Å². The summed E-state index contributed by atoms with van der Waals surface area (Å²) in [7, 11) is 0. The molecule has 0 radical (unpaired) electrons. The fraction of sp³-hybridized carbons (Fsp3) is 0.167. The van der Waals surface area contributed by atoms with Crippen LogP contribution in [0.2, 0.25) is 0 Å². The first kappa shape index (κ1) is 8.82. The summed E-state index contributed by atoms with van der Waals surface area (Å²) < 4.78 is 3.19. The molecular weight excluding hydrogens is 245 g/mol. The molecule has 0 nitrogen and oxygen atoms in total. The van der Waals surface area contributed by atoms with E-state index in [1.165, 1.54) is 16.7 Å². The van der Waals surface area contributed by atoms with Gasteiger partial charge in [0.15, 0.2) is 0 Å². The Morgan fingerprint density at radius 2 is 1.92 bits per heavy atom. The van der Waals surface area contributed by atoms with Gasteiger partial charge in [0, 0.05) is 0 Å². The van der Waals surface area contributed by atoms with E-state index in [4.69, 9.17) is 0 Å². The maximum atomic E-state index is 3.19. The van der Waals surface area contributed by atoms with Crippen LogP contribution in [0.1, 0.15) is 18.4 Å². The number of hydrogen-bond donors (Lipinski definition) is 0. The molecular formula is C12H10Ru+. The van der Waals surface area contributed by atoms with Crippen molar-refractivity contribution in [2.45, 2.75) is 12.8 Å². The summed E-state index contributed by atoms with van der Waals surface area (Å²) in [6.07, 6.45) is 4.59. The van der Waals surface area contributed by atoms with Crippen LogP contribution in [0.5, 0.6) is 0 Å². The fourth-order valence-electron chi connectivity index (χ4n) is 1.62. The zero-order valence-electron chi connectivity index (χ0n) is 7.23. The molecule has 13 heavy (non-hydrogen) atoms. The summed E-state index contributed by atoms with van der Waals surface area (Å²) in [5.74, 6) is 0. The van der Waals surface area contributed by atoms with Gasteiger partial charge in [-0.25, -0.2) is 0 Å². The van der Waals surface area contributed by atoms with Crippen molar-refractivity contribution < 1.29 is 17.9 Å². The van der Waals surface area contributed by atoms with Crippen molar-refractivity contribution in [3.05, 3.63) is 47.5 Å². The average Bonchev–Trinajstić information content (AvgIpc) is 2.67. The summed E-state index contributed by atoms with van der Waals surface area (Å²) in [6.45, 7) is 0. The second kappa shape index (κ2) is 3.96. The van der Waals surface area contributed by atoms with Crippen LogP contribution in [-0.2, 0) is 17.9 Å². The Bertz CT molecular complexity index is 381. The Kier molecular flexibility index (Phi) is 2.69. The Morgan fingerprint density at radius 1 is 1.15 bits per heavy atom. The zero-order valence-corrected chi connectivity index (χ0v) is 8.97. The topological polar surface area (TPSA) is 0 Å². The molecule has 0 bridgehead atoms. The van der Waals surface area contributed by atoms with E-state index in [-0.39, 0.29) is 0 Å². The van der Waals surface area contributed by atoms with E-state index in [0.29, 0.717) is 0 Å². The van der Waals surface area contributed by atoms with Crippen LogP contribution in [0.25, 0.3) is 5.57 Å². The molecule has 0 unspecified atom stereocenters. The van der Waals surface area contributed by atoms with Crippen molar-refractivity contribution in [1.82, 2.24) is 0 Å². The van der Waals surface area contributed by atoms with Gasteiger partial charge in [-0.2, -0.15) is 0 Å². The van der Waals surface area contributed by atoms with Crippen LogP contribution in [-0.4, -0.2) is 4.26 Å². The molecule has 0 spiro atoms. The summed E-state index contributed by atoms with van der Waals surface area (Å²) in [5, 5.41) is 0. The van der Waals surface area contributed by atoms with E-state index in [0.717, 1.165) is 12.8 Å². The minimum atomic E-state index is 1.14. The van der Waals surface area contributed by atoms with Crippen LogP contribution in [0.4, 0.5) is 0 Å². The van der Waals surface area contributed by atoms with Gasteiger partial charge in [0.1, 0.15) is 0 Å². The van der Waals surface area contributed by atoms with E-state index in [2.05, 4.69) is 52.5 Å². The number of rotatable bonds is 1. The van der Waals surface area contributed by atoms with E-state index in [1.807, 2.05) is 6.07 Å². The van der Waals surface area contributed by atoms with Crippen LogP contribution < -0.4 is 0 Å². The van der Waals surface area contributed by atoms with Crippen molar-refractivity contribution in [3.63, 3.8) is 0 Å². The van der Waals surface area contributed by atoms with Gasteiger partial charge in [-0.1, -0.05) is 0 Å². The molecule has 2 rings (SSSR count). The molecule has 1 heteroatoms. The Balaban J connectivity index is 2.43. The van der Waals surface area contributed by atoms with Gasteiger partial charge in [-0.3, -0.25) is 0 Å². The average molecular weight is 255 g/mol. The maximum absolute atomic E-state index is 3.19. The number of allylic oxidation sites excluding steroid dienone is 3. The molecule has 0 N–H and O–H groups in total. The van der Waals surface area contributed by atoms with Gasteiger partial charge < -0.3 is 0 Å². The van der Waals surface area contributed by atoms with Gasteiger partial charge >= 0.3 is 88.1 Å². The van der Waals surface area contributed by atoms with Gasteiger partial charge in [0.2, 0.25) is 0 Å². The second-order valence-corrected chi connectivity index (χ2v) is 3.52. The standard InChI is InChI=1S/C12H10.Ru/c1-10-6-5-9-12(10)11-7-3-2-4-8-11;/h2-4,7-9H,5-6H2;/q;+1. The van der Waals surface area contributed by atoms with Crippen molar-refractivity contribution in [3.8, 4) is 0 Å². The first-order valence-electron chi connectivity index (χ1n) is 4.39. The van der Waals surface area contributed by atoms with Crippen LogP contribution in [0.3, 0.4) is 0 Å². The van der Waals surface area contributed by atoms with E-state index >= 15 is 0 Å². The molecule has 0 saturated heterocycles. The molecule has 0 fully saturated rings. The molecule has 65 valence electrons. The third-order valence-corrected chi connectivity index (χ3v) is 2.78. The third kappa shape index (κ3) is 1.77. The van der Waals surface area contributed by atoms with E-state index < -0.39 is 0 Å². The minimum absolute atomic E-state index is 1.14. The predicted octanol–water partition coefficient (Wildman–Crippen LogP) is 2.74. The van der Waals surface area contributed by atoms with E-state index in [1.54, 1.807) is 0 Å². The van der Waals surface area contributed by atoms with Crippen molar-refractivity contribution in [1.29, 1.82) is 0 Å². The van der Waals surface area contributed by atoms with E-state index in [9.17, 15) is 0 Å². The van der Waals surface area contributed by atoms with Gasteiger partial charge in [0.25, 0.3) is 0 Å². The molecule has 0 saturated carbocycles. The predicted molar refractivity (Wildman–Crippen MR) is 52.2 cm³/mol. The molecule has 0 aromatic heterocycles. The van der Waals surface area contributed by atoms with Crippen LogP contribution >= 0.6 is 0 Å². The molecule has 1 aromatic carbocycles. The zero-order chi connectivity index (χ0) is 9.10. The Morgan fingerprint density at radius 3 is 2.62 bits per heavy atom.